The van der Waals surface area contributed by atoms with E-state index in [1.807, 2.05) is 0 Å². The molecule has 104 valence electrons. The van der Waals surface area contributed by atoms with Crippen LogP contribution in [-0.4, -0.2) is 35.8 Å². The third-order valence-corrected chi connectivity index (χ3v) is 3.52. The van der Waals surface area contributed by atoms with Crippen molar-refractivity contribution in [1.82, 2.24) is 10.6 Å². The van der Waals surface area contributed by atoms with Crippen LogP contribution in [0, 0.1) is 5.92 Å². The van der Waals surface area contributed by atoms with Crippen LogP contribution < -0.4 is 10.6 Å². The predicted molar refractivity (Wildman–Crippen MR) is 72.3 cm³/mol. The Bertz CT molecular complexity index is 442. The summed E-state index contributed by atoms with van der Waals surface area (Å²) in [5.41, 5.74) is 0.197. The van der Waals surface area contributed by atoms with Crippen molar-refractivity contribution in [2.45, 2.75) is 19.3 Å². The molecule has 0 bridgehead atoms. The maximum absolute atomic E-state index is 11.9. The van der Waals surface area contributed by atoms with Crippen molar-refractivity contribution in [1.29, 1.82) is 0 Å². The summed E-state index contributed by atoms with van der Waals surface area (Å²) in [4.78, 5) is 11.9. The van der Waals surface area contributed by atoms with Crippen molar-refractivity contribution in [3.63, 3.8) is 0 Å². The fourth-order valence-corrected chi connectivity index (χ4v) is 2.37. The highest BCUT2D eigenvalue weighted by atomic mass is 16.3. The minimum Gasteiger partial charge on any atom is -0.508 e. The Hall–Kier alpha value is -1.75. The van der Waals surface area contributed by atoms with Crippen molar-refractivity contribution < 1.29 is 15.0 Å². The van der Waals surface area contributed by atoms with E-state index in [0.29, 0.717) is 12.5 Å². The molecule has 4 N–H and O–H groups in total. The summed E-state index contributed by atoms with van der Waals surface area (Å²) in [6.07, 6.45) is 3.27. The normalized spacial score (nSPS) is 16.2. The average molecular weight is 264 g/mol. The number of piperidine rings is 1. The summed E-state index contributed by atoms with van der Waals surface area (Å²) < 4.78 is 0. The average Bonchev–Trinajstić information content (AvgIpc) is 2.39. The smallest absolute Gasteiger partial charge is 0.255 e. The SMILES string of the molecule is O=C(NCCC1CCNCC1)c1ccc(O)cc1O. The quantitative estimate of drug-likeness (QED) is 0.659. The second kappa shape index (κ2) is 6.43. The van der Waals surface area contributed by atoms with Crippen LogP contribution in [-0.2, 0) is 0 Å². The number of phenolic OH excluding ortho intramolecular Hbond substituents is 2. The van der Waals surface area contributed by atoms with Gasteiger partial charge >= 0.3 is 0 Å². The third kappa shape index (κ3) is 3.86. The largest absolute Gasteiger partial charge is 0.508 e. The molecular weight excluding hydrogens is 244 g/mol. The molecule has 2 rings (SSSR count). The Morgan fingerprint density at radius 3 is 2.74 bits per heavy atom. The maximum atomic E-state index is 11.9. The highest BCUT2D eigenvalue weighted by Gasteiger charge is 2.14. The number of aromatic hydroxyl groups is 2. The molecule has 1 aliphatic heterocycles. The fraction of sp³-hybridized carbons (Fsp3) is 0.500. The standard InChI is InChI=1S/C14H20N2O3/c17-11-1-2-12(13(18)9-11)14(19)16-8-5-10-3-6-15-7-4-10/h1-2,9-10,15,17-18H,3-8H2,(H,16,19). The molecule has 5 nitrogen and oxygen atoms in total. The van der Waals surface area contributed by atoms with Crippen molar-refractivity contribution in [2.24, 2.45) is 5.92 Å². The molecule has 0 unspecified atom stereocenters. The van der Waals surface area contributed by atoms with Crippen LogP contribution in [0.2, 0.25) is 0 Å². The first kappa shape index (κ1) is 13.7. The number of carbonyl (C=O) groups excluding carboxylic acids is 1. The lowest BCUT2D eigenvalue weighted by Gasteiger charge is -2.22. The van der Waals surface area contributed by atoms with E-state index < -0.39 is 0 Å². The molecule has 5 heteroatoms. The molecular formula is C14H20N2O3. The van der Waals surface area contributed by atoms with Gasteiger partial charge in [-0.05, 0) is 50.4 Å². The molecule has 1 heterocycles. The van der Waals surface area contributed by atoms with Crippen molar-refractivity contribution in [2.75, 3.05) is 19.6 Å². The Kier molecular flexibility index (Phi) is 4.63. The van der Waals surface area contributed by atoms with E-state index in [2.05, 4.69) is 10.6 Å². The molecule has 0 atom stereocenters. The molecule has 19 heavy (non-hydrogen) atoms. The lowest BCUT2D eigenvalue weighted by Crippen LogP contribution is -2.31. The summed E-state index contributed by atoms with van der Waals surface area (Å²) >= 11 is 0. The van der Waals surface area contributed by atoms with Gasteiger partial charge in [0.15, 0.2) is 0 Å². The zero-order valence-electron chi connectivity index (χ0n) is 10.9. The van der Waals surface area contributed by atoms with Gasteiger partial charge in [0.1, 0.15) is 11.5 Å². The lowest BCUT2D eigenvalue weighted by atomic mass is 9.95. The highest BCUT2D eigenvalue weighted by Crippen LogP contribution is 2.22. The van der Waals surface area contributed by atoms with Crippen LogP contribution >= 0.6 is 0 Å². The molecule has 1 fully saturated rings. The number of carbonyl (C=O) groups is 1. The topological polar surface area (TPSA) is 81.6 Å². The number of hydrogen-bond acceptors (Lipinski definition) is 4. The maximum Gasteiger partial charge on any atom is 0.255 e. The Morgan fingerprint density at radius 1 is 1.32 bits per heavy atom. The Morgan fingerprint density at radius 2 is 2.05 bits per heavy atom. The van der Waals surface area contributed by atoms with Gasteiger partial charge in [-0.15, -0.1) is 0 Å². The summed E-state index contributed by atoms with van der Waals surface area (Å²) in [7, 11) is 0. The summed E-state index contributed by atoms with van der Waals surface area (Å²) in [6, 6.07) is 3.98. The Labute approximate surface area is 112 Å². The zero-order chi connectivity index (χ0) is 13.7. The van der Waals surface area contributed by atoms with E-state index in [1.165, 1.54) is 18.2 Å². The van der Waals surface area contributed by atoms with E-state index in [9.17, 15) is 9.90 Å². The molecule has 0 saturated carbocycles. The van der Waals surface area contributed by atoms with Gasteiger partial charge in [0.25, 0.3) is 5.91 Å². The second-order valence-corrected chi connectivity index (χ2v) is 4.94. The van der Waals surface area contributed by atoms with Gasteiger partial charge in [-0.2, -0.15) is 0 Å². The predicted octanol–water partition coefficient (Wildman–Crippen LogP) is 1.22. The zero-order valence-corrected chi connectivity index (χ0v) is 10.9. The van der Waals surface area contributed by atoms with E-state index in [0.717, 1.165) is 32.4 Å². The molecule has 0 aromatic heterocycles. The van der Waals surface area contributed by atoms with Crippen LogP contribution in [0.3, 0.4) is 0 Å². The molecule has 1 amide bonds. The van der Waals surface area contributed by atoms with Crippen LogP contribution in [0.4, 0.5) is 0 Å². The van der Waals surface area contributed by atoms with Crippen LogP contribution in [0.1, 0.15) is 29.6 Å². The molecule has 1 aliphatic rings. The van der Waals surface area contributed by atoms with Crippen molar-refractivity contribution in [3.8, 4) is 11.5 Å². The number of nitrogens with one attached hydrogen (secondary N) is 2. The van der Waals surface area contributed by atoms with Gasteiger partial charge in [-0.25, -0.2) is 0 Å². The Balaban J connectivity index is 1.80. The second-order valence-electron chi connectivity index (χ2n) is 4.94. The molecule has 0 spiro atoms. The fourth-order valence-electron chi connectivity index (χ4n) is 2.37. The van der Waals surface area contributed by atoms with Crippen molar-refractivity contribution in [3.05, 3.63) is 23.8 Å². The first-order valence-electron chi connectivity index (χ1n) is 6.67. The van der Waals surface area contributed by atoms with Gasteiger partial charge in [0.2, 0.25) is 0 Å². The van der Waals surface area contributed by atoms with Crippen LogP contribution in [0.15, 0.2) is 18.2 Å². The summed E-state index contributed by atoms with van der Waals surface area (Å²) in [5.74, 6) is 0.115. The van der Waals surface area contributed by atoms with E-state index >= 15 is 0 Å². The number of phenols is 2. The summed E-state index contributed by atoms with van der Waals surface area (Å²) in [6.45, 7) is 2.72. The third-order valence-electron chi connectivity index (χ3n) is 3.52. The molecule has 1 aromatic carbocycles. The first-order chi connectivity index (χ1) is 9.16. The summed E-state index contributed by atoms with van der Waals surface area (Å²) in [5, 5.41) is 24.9. The minimum atomic E-state index is -0.300. The van der Waals surface area contributed by atoms with Crippen LogP contribution in [0.5, 0.6) is 11.5 Å². The molecule has 0 radical (unpaired) electrons. The van der Waals surface area contributed by atoms with Gasteiger partial charge in [-0.1, -0.05) is 0 Å². The lowest BCUT2D eigenvalue weighted by molar-refractivity contribution is 0.0948. The van der Waals surface area contributed by atoms with E-state index in [1.54, 1.807) is 0 Å². The highest BCUT2D eigenvalue weighted by molar-refractivity contribution is 5.96. The van der Waals surface area contributed by atoms with Crippen LogP contribution in [0.25, 0.3) is 0 Å². The molecule has 1 aromatic rings. The van der Waals surface area contributed by atoms with E-state index in [4.69, 9.17) is 5.11 Å². The first-order valence-corrected chi connectivity index (χ1v) is 6.67. The van der Waals surface area contributed by atoms with Gasteiger partial charge in [0, 0.05) is 12.6 Å². The minimum absolute atomic E-state index is 0.0521. The van der Waals surface area contributed by atoms with Crippen molar-refractivity contribution >= 4 is 5.91 Å². The van der Waals surface area contributed by atoms with E-state index in [-0.39, 0.29) is 23.0 Å². The van der Waals surface area contributed by atoms with Gasteiger partial charge in [0.05, 0.1) is 5.56 Å². The molecule has 0 aliphatic carbocycles. The number of hydrogen-bond donors (Lipinski definition) is 4. The van der Waals surface area contributed by atoms with Gasteiger partial charge < -0.3 is 20.8 Å². The number of amides is 1. The monoisotopic (exact) mass is 264 g/mol. The number of rotatable bonds is 4. The van der Waals surface area contributed by atoms with Gasteiger partial charge in [-0.3, -0.25) is 4.79 Å². The molecule has 1 saturated heterocycles. The number of benzene rings is 1.